The minimum Gasteiger partial charge on any atom is -0.370 e. The smallest absolute Gasteiger partial charge is 0.133 e. The molecule has 0 saturated heterocycles. The minimum atomic E-state index is 0.329. The van der Waals surface area contributed by atoms with Crippen LogP contribution in [-0.2, 0) is 0 Å². The van der Waals surface area contributed by atoms with E-state index in [1.54, 1.807) is 18.7 Å². The van der Waals surface area contributed by atoms with Gasteiger partial charge in [0.1, 0.15) is 18.5 Å². The molecule has 2 heterocycles. The first-order chi connectivity index (χ1) is 8.74. The van der Waals surface area contributed by atoms with E-state index < -0.39 is 0 Å². The van der Waals surface area contributed by atoms with Crippen molar-refractivity contribution in [2.45, 2.75) is 26.7 Å². The summed E-state index contributed by atoms with van der Waals surface area (Å²) >= 11 is 0. The van der Waals surface area contributed by atoms with Crippen molar-refractivity contribution in [3.8, 4) is 11.3 Å². The molecule has 0 aliphatic heterocycles. The van der Waals surface area contributed by atoms with Crippen molar-refractivity contribution in [2.24, 2.45) is 0 Å². The topological polar surface area (TPSA) is 63.6 Å². The molecule has 5 nitrogen and oxygen atoms in total. The molecule has 0 radical (unpaired) electrons. The summed E-state index contributed by atoms with van der Waals surface area (Å²) in [4.78, 5) is 16.8. The van der Waals surface area contributed by atoms with Crippen LogP contribution < -0.4 is 5.32 Å². The zero-order valence-electron chi connectivity index (χ0n) is 10.9. The zero-order chi connectivity index (χ0) is 13.0. The van der Waals surface area contributed by atoms with Crippen LogP contribution >= 0.6 is 0 Å². The Morgan fingerprint density at radius 3 is 2.44 bits per heavy atom. The maximum absolute atomic E-state index is 4.38. The maximum atomic E-state index is 4.38. The first kappa shape index (κ1) is 12.4. The van der Waals surface area contributed by atoms with Gasteiger partial charge in [-0.2, -0.15) is 0 Å². The molecule has 0 unspecified atom stereocenters. The third kappa shape index (κ3) is 2.45. The fourth-order valence-corrected chi connectivity index (χ4v) is 1.90. The molecule has 0 spiro atoms. The van der Waals surface area contributed by atoms with E-state index >= 15 is 0 Å². The molecule has 0 atom stereocenters. The number of hydrogen-bond acceptors (Lipinski definition) is 5. The molecule has 0 fully saturated rings. The average Bonchev–Trinajstić information content (AvgIpc) is 2.39. The summed E-state index contributed by atoms with van der Waals surface area (Å²) in [6, 6.07) is 0. The Kier molecular flexibility index (Phi) is 3.82. The normalized spacial score (nSPS) is 10.7. The van der Waals surface area contributed by atoms with Gasteiger partial charge in [0, 0.05) is 30.1 Å². The quantitative estimate of drug-likeness (QED) is 0.893. The number of hydrogen-bond donors (Lipinski definition) is 1. The molecule has 0 aliphatic carbocycles. The highest BCUT2D eigenvalue weighted by molar-refractivity contribution is 5.67. The van der Waals surface area contributed by atoms with Crippen molar-refractivity contribution in [3.63, 3.8) is 0 Å². The second-order valence-corrected chi connectivity index (χ2v) is 4.30. The van der Waals surface area contributed by atoms with Crippen LogP contribution in [0.2, 0.25) is 0 Å². The highest BCUT2D eigenvalue weighted by Gasteiger charge is 2.16. The summed E-state index contributed by atoms with van der Waals surface area (Å²) in [7, 11) is 0. The van der Waals surface area contributed by atoms with Gasteiger partial charge < -0.3 is 5.32 Å². The van der Waals surface area contributed by atoms with Crippen LogP contribution in [-0.4, -0.2) is 26.5 Å². The van der Waals surface area contributed by atoms with Gasteiger partial charge in [-0.3, -0.25) is 0 Å². The monoisotopic (exact) mass is 243 g/mol. The minimum absolute atomic E-state index is 0.329. The fraction of sp³-hybridized carbons (Fsp3) is 0.385. The molecule has 1 N–H and O–H groups in total. The van der Waals surface area contributed by atoms with Gasteiger partial charge >= 0.3 is 0 Å². The Bertz CT molecular complexity index is 510. The molecule has 0 saturated carbocycles. The highest BCUT2D eigenvalue weighted by Crippen LogP contribution is 2.30. The van der Waals surface area contributed by atoms with E-state index in [0.29, 0.717) is 5.92 Å². The van der Waals surface area contributed by atoms with Crippen molar-refractivity contribution in [2.75, 3.05) is 11.9 Å². The van der Waals surface area contributed by atoms with Crippen LogP contribution in [0.4, 0.5) is 5.82 Å². The Balaban J connectivity index is 2.56. The SMILES string of the molecule is CCNc1ncnc(-c2cncnc2)c1C(C)C. The van der Waals surface area contributed by atoms with Crippen LogP contribution in [0.5, 0.6) is 0 Å². The summed E-state index contributed by atoms with van der Waals surface area (Å²) in [6.45, 7) is 7.15. The molecular formula is C13H17N5. The van der Waals surface area contributed by atoms with E-state index in [1.165, 1.54) is 6.33 Å². The summed E-state index contributed by atoms with van der Waals surface area (Å²) in [5.74, 6) is 1.22. The van der Waals surface area contributed by atoms with Gasteiger partial charge in [-0.25, -0.2) is 19.9 Å². The third-order valence-corrected chi connectivity index (χ3v) is 2.64. The lowest BCUT2D eigenvalue weighted by molar-refractivity contribution is 0.848. The van der Waals surface area contributed by atoms with E-state index in [9.17, 15) is 0 Å². The van der Waals surface area contributed by atoms with Gasteiger partial charge in [-0.05, 0) is 12.8 Å². The van der Waals surface area contributed by atoms with E-state index in [-0.39, 0.29) is 0 Å². The van der Waals surface area contributed by atoms with Crippen LogP contribution in [0.1, 0.15) is 32.3 Å². The summed E-state index contributed by atoms with van der Waals surface area (Å²) in [6.07, 6.45) is 6.64. The van der Waals surface area contributed by atoms with Crippen LogP contribution in [0.15, 0.2) is 25.0 Å². The number of anilines is 1. The average molecular weight is 243 g/mol. The van der Waals surface area contributed by atoms with Crippen LogP contribution in [0, 0.1) is 0 Å². The van der Waals surface area contributed by atoms with Crippen molar-refractivity contribution in [1.29, 1.82) is 0 Å². The Morgan fingerprint density at radius 1 is 1.11 bits per heavy atom. The number of nitrogens with one attached hydrogen (secondary N) is 1. The van der Waals surface area contributed by atoms with Crippen molar-refractivity contribution >= 4 is 5.82 Å². The highest BCUT2D eigenvalue weighted by atomic mass is 15.0. The standard InChI is InChI=1S/C13H17N5/c1-4-16-13-11(9(2)3)12(17-8-18-13)10-5-14-7-15-6-10/h5-9H,4H2,1-3H3,(H,16,17,18). The van der Waals surface area contributed by atoms with Crippen molar-refractivity contribution in [1.82, 2.24) is 19.9 Å². The Hall–Kier alpha value is -2.04. The molecule has 0 aliphatic rings. The van der Waals surface area contributed by atoms with Gasteiger partial charge in [0.25, 0.3) is 0 Å². The molecule has 2 aromatic rings. The maximum Gasteiger partial charge on any atom is 0.133 e. The fourth-order valence-electron chi connectivity index (χ4n) is 1.90. The first-order valence-electron chi connectivity index (χ1n) is 6.08. The predicted octanol–water partition coefficient (Wildman–Crippen LogP) is 2.49. The molecule has 0 amide bonds. The van der Waals surface area contributed by atoms with Crippen LogP contribution in [0.3, 0.4) is 0 Å². The van der Waals surface area contributed by atoms with E-state index in [4.69, 9.17) is 0 Å². The summed E-state index contributed by atoms with van der Waals surface area (Å²) in [5.41, 5.74) is 2.92. The molecule has 5 heteroatoms. The lowest BCUT2D eigenvalue weighted by atomic mass is 9.99. The molecular weight excluding hydrogens is 226 g/mol. The summed E-state index contributed by atoms with van der Waals surface area (Å²) in [5, 5.41) is 3.28. The molecule has 18 heavy (non-hydrogen) atoms. The van der Waals surface area contributed by atoms with Crippen LogP contribution in [0.25, 0.3) is 11.3 Å². The van der Waals surface area contributed by atoms with Gasteiger partial charge in [-0.15, -0.1) is 0 Å². The molecule has 0 bridgehead atoms. The molecule has 2 rings (SSSR count). The van der Waals surface area contributed by atoms with Gasteiger partial charge in [0.05, 0.1) is 5.69 Å². The second kappa shape index (κ2) is 5.53. The van der Waals surface area contributed by atoms with E-state index in [1.807, 2.05) is 0 Å². The van der Waals surface area contributed by atoms with E-state index in [0.717, 1.165) is 29.2 Å². The molecule has 2 aromatic heterocycles. The van der Waals surface area contributed by atoms with E-state index in [2.05, 4.69) is 46.0 Å². The Morgan fingerprint density at radius 2 is 1.83 bits per heavy atom. The first-order valence-corrected chi connectivity index (χ1v) is 6.08. The lowest BCUT2D eigenvalue weighted by Crippen LogP contribution is -2.07. The predicted molar refractivity (Wildman–Crippen MR) is 71.3 cm³/mol. The van der Waals surface area contributed by atoms with Crippen molar-refractivity contribution < 1.29 is 0 Å². The summed E-state index contributed by atoms with van der Waals surface area (Å²) < 4.78 is 0. The Labute approximate surface area is 107 Å². The lowest BCUT2D eigenvalue weighted by Gasteiger charge is -2.16. The van der Waals surface area contributed by atoms with Gasteiger partial charge in [0.2, 0.25) is 0 Å². The molecule has 0 aromatic carbocycles. The number of nitrogens with zero attached hydrogens (tertiary/aromatic N) is 4. The molecule has 94 valence electrons. The van der Waals surface area contributed by atoms with Gasteiger partial charge in [0.15, 0.2) is 0 Å². The largest absolute Gasteiger partial charge is 0.370 e. The third-order valence-electron chi connectivity index (χ3n) is 2.64. The van der Waals surface area contributed by atoms with Gasteiger partial charge in [-0.1, -0.05) is 13.8 Å². The van der Waals surface area contributed by atoms with Crippen molar-refractivity contribution in [3.05, 3.63) is 30.6 Å². The zero-order valence-corrected chi connectivity index (χ0v) is 10.9. The number of aromatic nitrogens is 4. The second-order valence-electron chi connectivity index (χ2n) is 4.30. The number of rotatable bonds is 4.